The summed E-state index contributed by atoms with van der Waals surface area (Å²) in [5.41, 5.74) is 1.44. The van der Waals surface area contributed by atoms with Crippen LogP contribution in [0.3, 0.4) is 0 Å². The average molecular weight is 391 g/mol. The quantitative estimate of drug-likeness (QED) is 0.558. The van der Waals surface area contributed by atoms with Crippen LogP contribution >= 0.6 is 22.7 Å². The fourth-order valence-electron chi connectivity index (χ4n) is 3.38. The summed E-state index contributed by atoms with van der Waals surface area (Å²) in [6.45, 7) is 6.64. The number of nitrogens with one attached hydrogen (secondary N) is 2. The van der Waals surface area contributed by atoms with Crippen LogP contribution in [-0.2, 0) is 13.0 Å². The molecular formula is C20H30N4S2. The molecule has 0 radical (unpaired) electrons. The molecule has 2 aromatic heterocycles. The first-order valence-electron chi connectivity index (χ1n) is 9.46. The van der Waals surface area contributed by atoms with Crippen molar-refractivity contribution >= 4 is 28.6 Å². The largest absolute Gasteiger partial charge is 0.356 e. The van der Waals surface area contributed by atoms with Gasteiger partial charge in [-0.3, -0.25) is 9.89 Å². The van der Waals surface area contributed by atoms with Gasteiger partial charge in [0.15, 0.2) is 5.96 Å². The van der Waals surface area contributed by atoms with Crippen molar-refractivity contribution in [1.82, 2.24) is 15.5 Å². The number of piperidine rings is 1. The first-order chi connectivity index (χ1) is 12.7. The second-order valence-electron chi connectivity index (χ2n) is 7.17. The minimum atomic E-state index is 0.521. The molecule has 6 heteroatoms. The molecule has 3 heterocycles. The topological polar surface area (TPSA) is 39.7 Å². The maximum absolute atomic E-state index is 4.42. The van der Waals surface area contributed by atoms with Crippen LogP contribution < -0.4 is 10.6 Å². The van der Waals surface area contributed by atoms with Crippen LogP contribution in [-0.4, -0.2) is 43.6 Å². The van der Waals surface area contributed by atoms with Crippen LogP contribution in [0.5, 0.6) is 0 Å². The minimum absolute atomic E-state index is 0.521. The summed E-state index contributed by atoms with van der Waals surface area (Å²) in [5.74, 6) is 1.54. The van der Waals surface area contributed by atoms with Crippen LogP contribution in [0.1, 0.15) is 30.2 Å². The lowest BCUT2D eigenvalue weighted by molar-refractivity contribution is 0.198. The van der Waals surface area contributed by atoms with Crippen LogP contribution in [0.4, 0.5) is 0 Å². The van der Waals surface area contributed by atoms with Gasteiger partial charge < -0.3 is 10.6 Å². The number of guanidine groups is 1. The van der Waals surface area contributed by atoms with Crippen LogP contribution in [0.25, 0.3) is 0 Å². The van der Waals surface area contributed by atoms with Crippen molar-refractivity contribution in [2.45, 2.75) is 38.8 Å². The van der Waals surface area contributed by atoms with E-state index in [0.717, 1.165) is 38.6 Å². The molecule has 3 rings (SSSR count). The third-order valence-electron chi connectivity index (χ3n) is 4.89. The molecule has 0 amide bonds. The number of hydrogen-bond donors (Lipinski definition) is 2. The molecule has 0 spiro atoms. The molecule has 26 heavy (non-hydrogen) atoms. The Morgan fingerprint density at radius 3 is 2.81 bits per heavy atom. The summed E-state index contributed by atoms with van der Waals surface area (Å²) < 4.78 is 0. The van der Waals surface area contributed by atoms with Gasteiger partial charge in [0.25, 0.3) is 0 Å². The van der Waals surface area contributed by atoms with Crippen molar-refractivity contribution in [3.63, 3.8) is 0 Å². The van der Waals surface area contributed by atoms with Gasteiger partial charge in [-0.1, -0.05) is 13.0 Å². The van der Waals surface area contributed by atoms with Crippen molar-refractivity contribution in [2.75, 3.05) is 26.7 Å². The zero-order valence-corrected chi connectivity index (χ0v) is 17.4. The van der Waals surface area contributed by atoms with Gasteiger partial charge in [-0.05, 0) is 59.0 Å². The predicted octanol–water partition coefficient (Wildman–Crippen LogP) is 3.82. The lowest BCUT2D eigenvalue weighted by Crippen LogP contribution is -2.49. The fourth-order valence-corrected chi connectivity index (χ4v) is 4.91. The van der Waals surface area contributed by atoms with Gasteiger partial charge in [0, 0.05) is 44.1 Å². The molecule has 0 bridgehead atoms. The molecule has 1 unspecified atom stereocenters. The molecule has 2 aromatic rings. The Hall–Kier alpha value is -1.37. The zero-order chi connectivity index (χ0) is 18.2. The molecule has 1 aliphatic rings. The van der Waals surface area contributed by atoms with Gasteiger partial charge in [0.05, 0.1) is 0 Å². The van der Waals surface area contributed by atoms with E-state index in [2.05, 4.69) is 61.8 Å². The molecule has 1 fully saturated rings. The van der Waals surface area contributed by atoms with Crippen molar-refractivity contribution in [2.24, 2.45) is 10.9 Å². The van der Waals surface area contributed by atoms with Crippen LogP contribution in [0.2, 0.25) is 0 Å². The molecule has 4 nitrogen and oxygen atoms in total. The Balaban J connectivity index is 1.36. The van der Waals surface area contributed by atoms with E-state index in [-0.39, 0.29) is 0 Å². The normalized spacial score (nSPS) is 18.0. The third-order valence-corrected chi connectivity index (χ3v) is 6.52. The maximum Gasteiger partial charge on any atom is 0.191 e. The van der Waals surface area contributed by atoms with E-state index in [1.54, 1.807) is 11.3 Å². The summed E-state index contributed by atoms with van der Waals surface area (Å²) in [6, 6.07) is 7.11. The van der Waals surface area contributed by atoms with Crippen LogP contribution in [0.15, 0.2) is 39.3 Å². The molecule has 2 N–H and O–H groups in total. The highest BCUT2D eigenvalue weighted by atomic mass is 32.1. The number of likely N-dealkylation sites (tertiary alicyclic amines) is 1. The van der Waals surface area contributed by atoms with Crippen molar-refractivity contribution in [1.29, 1.82) is 0 Å². The van der Waals surface area contributed by atoms with E-state index in [9.17, 15) is 0 Å². The first kappa shape index (κ1) is 19.4. The zero-order valence-electron chi connectivity index (χ0n) is 15.8. The van der Waals surface area contributed by atoms with E-state index in [4.69, 9.17) is 0 Å². The number of nitrogens with zero attached hydrogens (tertiary/aromatic N) is 2. The molecule has 0 aliphatic carbocycles. The molecule has 0 saturated carbocycles. The standard InChI is InChI=1S/C20H30N4S2/c1-16(12-19-4-3-10-26-19)13-22-20(21-2)23-18-5-8-24(9-6-18)14-17-7-11-25-15-17/h3-4,7,10-11,15-16,18H,5-6,8-9,12-14H2,1-2H3,(H2,21,22,23). The minimum Gasteiger partial charge on any atom is -0.356 e. The molecular weight excluding hydrogens is 360 g/mol. The molecule has 0 aromatic carbocycles. The molecule has 142 valence electrons. The maximum atomic E-state index is 4.42. The van der Waals surface area contributed by atoms with E-state index >= 15 is 0 Å². The van der Waals surface area contributed by atoms with Gasteiger partial charge in [-0.15, -0.1) is 11.3 Å². The summed E-state index contributed by atoms with van der Waals surface area (Å²) >= 11 is 3.63. The summed E-state index contributed by atoms with van der Waals surface area (Å²) in [7, 11) is 1.87. The number of thiophene rings is 2. The Morgan fingerprint density at radius 1 is 1.31 bits per heavy atom. The lowest BCUT2D eigenvalue weighted by Gasteiger charge is -2.33. The first-order valence-corrected chi connectivity index (χ1v) is 11.3. The van der Waals surface area contributed by atoms with Crippen LogP contribution in [0, 0.1) is 5.92 Å². The number of rotatable bonds is 7. The smallest absolute Gasteiger partial charge is 0.191 e. The summed E-state index contributed by atoms with van der Waals surface area (Å²) in [5, 5.41) is 13.7. The third kappa shape index (κ3) is 6.11. The molecule has 1 atom stereocenters. The highest BCUT2D eigenvalue weighted by Gasteiger charge is 2.20. The van der Waals surface area contributed by atoms with E-state index in [1.165, 1.54) is 23.3 Å². The Morgan fingerprint density at radius 2 is 2.15 bits per heavy atom. The summed E-state index contributed by atoms with van der Waals surface area (Å²) in [4.78, 5) is 8.43. The Kier molecular flexibility index (Phi) is 7.53. The number of hydrogen-bond acceptors (Lipinski definition) is 4. The number of aliphatic imine (C=N–C) groups is 1. The fraction of sp³-hybridized carbons (Fsp3) is 0.550. The Labute approximate surface area is 165 Å². The highest BCUT2D eigenvalue weighted by Crippen LogP contribution is 2.16. The van der Waals surface area contributed by atoms with Crippen molar-refractivity contribution < 1.29 is 0 Å². The van der Waals surface area contributed by atoms with E-state index in [0.29, 0.717) is 12.0 Å². The molecule has 1 saturated heterocycles. The highest BCUT2D eigenvalue weighted by molar-refractivity contribution is 7.09. The van der Waals surface area contributed by atoms with E-state index in [1.807, 2.05) is 18.4 Å². The monoisotopic (exact) mass is 390 g/mol. The second-order valence-corrected chi connectivity index (χ2v) is 8.98. The van der Waals surface area contributed by atoms with Crippen molar-refractivity contribution in [3.8, 4) is 0 Å². The molecule has 1 aliphatic heterocycles. The van der Waals surface area contributed by atoms with Gasteiger partial charge in [-0.25, -0.2) is 0 Å². The van der Waals surface area contributed by atoms with Gasteiger partial charge in [-0.2, -0.15) is 11.3 Å². The van der Waals surface area contributed by atoms with Crippen molar-refractivity contribution in [3.05, 3.63) is 44.8 Å². The van der Waals surface area contributed by atoms with Gasteiger partial charge >= 0.3 is 0 Å². The average Bonchev–Trinajstić information content (AvgIpc) is 3.34. The lowest BCUT2D eigenvalue weighted by atomic mass is 10.0. The summed E-state index contributed by atoms with van der Waals surface area (Å²) in [6.07, 6.45) is 3.48. The van der Waals surface area contributed by atoms with E-state index < -0.39 is 0 Å². The van der Waals surface area contributed by atoms with Gasteiger partial charge in [0.1, 0.15) is 0 Å². The predicted molar refractivity (Wildman–Crippen MR) is 114 cm³/mol. The SMILES string of the molecule is CN=C(NCC(C)Cc1cccs1)NC1CCN(Cc2ccsc2)CC1. The second kappa shape index (κ2) is 10.1. The van der Waals surface area contributed by atoms with Gasteiger partial charge in [0.2, 0.25) is 0 Å². The Bertz CT molecular complexity index is 643.